The molecule has 1 unspecified atom stereocenters. The summed E-state index contributed by atoms with van der Waals surface area (Å²) in [7, 11) is 0. The summed E-state index contributed by atoms with van der Waals surface area (Å²) in [4.78, 5) is 30.2. The quantitative estimate of drug-likeness (QED) is 0.680. The highest BCUT2D eigenvalue weighted by molar-refractivity contribution is 6.45. The van der Waals surface area contributed by atoms with Crippen LogP contribution in [0, 0.1) is 6.92 Å². The minimum Gasteiger partial charge on any atom is -0.358 e. The van der Waals surface area contributed by atoms with E-state index in [1.165, 1.54) is 0 Å². The fourth-order valence-electron chi connectivity index (χ4n) is 3.21. The number of carbonyl (C=O) groups excluding carboxylic acids is 2. The molecule has 4 nitrogen and oxygen atoms in total. The number of Topliss-reactive ketones (excluding diaryl/α,β-unsaturated/α-hetero) is 1. The van der Waals surface area contributed by atoms with Gasteiger partial charge in [-0.1, -0.05) is 18.2 Å². The van der Waals surface area contributed by atoms with E-state index in [-0.39, 0.29) is 11.9 Å². The summed E-state index contributed by atoms with van der Waals surface area (Å²) >= 11 is 0. The van der Waals surface area contributed by atoms with E-state index in [4.69, 9.17) is 0 Å². The predicted molar refractivity (Wildman–Crippen MR) is 82.4 cm³/mol. The molecule has 1 aliphatic rings. The van der Waals surface area contributed by atoms with Gasteiger partial charge in [0.2, 0.25) is 0 Å². The molecule has 1 atom stereocenters. The number of nitrogens with one attached hydrogen (secondary N) is 1. The standard InChI is InChI=1S/C17H20N2O2/c1-11-7-5-6-10-19(11)17(21)16(20)15-12(2)18-14-9-4-3-8-13(14)15/h3-4,8-9,11,18H,5-7,10H2,1-2H3. The number of aromatic nitrogens is 1. The molecule has 1 aliphatic heterocycles. The first kappa shape index (κ1) is 13.9. The van der Waals surface area contributed by atoms with Crippen LogP contribution in [0.25, 0.3) is 10.9 Å². The highest BCUT2D eigenvalue weighted by Crippen LogP contribution is 2.24. The van der Waals surface area contributed by atoms with Crippen molar-refractivity contribution in [3.63, 3.8) is 0 Å². The largest absolute Gasteiger partial charge is 0.358 e. The molecule has 1 fully saturated rings. The van der Waals surface area contributed by atoms with Crippen LogP contribution in [0.5, 0.6) is 0 Å². The van der Waals surface area contributed by atoms with Gasteiger partial charge in [0.05, 0.1) is 5.56 Å². The van der Waals surface area contributed by atoms with Crippen LogP contribution in [0.15, 0.2) is 24.3 Å². The Morgan fingerprint density at radius 3 is 2.76 bits per heavy atom. The molecule has 0 spiro atoms. The number of hydrogen-bond acceptors (Lipinski definition) is 2. The van der Waals surface area contributed by atoms with Crippen LogP contribution in [0.4, 0.5) is 0 Å². The van der Waals surface area contributed by atoms with Gasteiger partial charge in [-0.15, -0.1) is 0 Å². The molecule has 0 saturated carbocycles. The fourth-order valence-corrected chi connectivity index (χ4v) is 3.21. The Balaban J connectivity index is 1.96. The third-order valence-electron chi connectivity index (χ3n) is 4.38. The Kier molecular flexibility index (Phi) is 3.53. The van der Waals surface area contributed by atoms with Crippen LogP contribution in [-0.2, 0) is 4.79 Å². The molecule has 4 heteroatoms. The third kappa shape index (κ3) is 2.35. The Hall–Kier alpha value is -2.10. The number of piperidine rings is 1. The topological polar surface area (TPSA) is 53.2 Å². The Bertz CT molecular complexity index is 702. The van der Waals surface area contributed by atoms with E-state index in [1.807, 2.05) is 38.1 Å². The van der Waals surface area contributed by atoms with Crippen LogP contribution >= 0.6 is 0 Å². The number of para-hydroxylation sites is 1. The Labute approximate surface area is 124 Å². The summed E-state index contributed by atoms with van der Waals surface area (Å²) in [6.45, 7) is 4.56. The second-order valence-corrected chi connectivity index (χ2v) is 5.84. The van der Waals surface area contributed by atoms with Gasteiger partial charge < -0.3 is 9.88 Å². The molecule has 1 aromatic carbocycles. The summed E-state index contributed by atoms with van der Waals surface area (Å²) in [5.74, 6) is -0.756. The summed E-state index contributed by atoms with van der Waals surface area (Å²) in [5.41, 5.74) is 2.19. The van der Waals surface area contributed by atoms with Crippen molar-refractivity contribution in [1.29, 1.82) is 0 Å². The number of fused-ring (bicyclic) bond motifs is 1. The van der Waals surface area contributed by atoms with E-state index in [0.29, 0.717) is 12.1 Å². The van der Waals surface area contributed by atoms with Gasteiger partial charge in [0.1, 0.15) is 0 Å². The number of aryl methyl sites for hydroxylation is 1. The second kappa shape index (κ2) is 5.35. The molecule has 21 heavy (non-hydrogen) atoms. The smallest absolute Gasteiger partial charge is 0.295 e. The molecular weight excluding hydrogens is 264 g/mol. The molecule has 2 heterocycles. The molecule has 2 aromatic rings. The lowest BCUT2D eigenvalue weighted by atomic mass is 10.0. The number of hydrogen-bond donors (Lipinski definition) is 1. The molecular formula is C17H20N2O2. The van der Waals surface area contributed by atoms with Gasteiger partial charge in [0.25, 0.3) is 11.7 Å². The van der Waals surface area contributed by atoms with Gasteiger partial charge in [-0.3, -0.25) is 9.59 Å². The molecule has 1 N–H and O–H groups in total. The van der Waals surface area contributed by atoms with E-state index in [9.17, 15) is 9.59 Å². The molecule has 0 radical (unpaired) electrons. The lowest BCUT2D eigenvalue weighted by Crippen LogP contribution is -2.45. The fraction of sp³-hybridized carbons (Fsp3) is 0.412. The van der Waals surface area contributed by atoms with Crippen molar-refractivity contribution in [2.75, 3.05) is 6.54 Å². The average Bonchev–Trinajstić information content (AvgIpc) is 2.82. The van der Waals surface area contributed by atoms with Crippen molar-refractivity contribution in [2.45, 2.75) is 39.2 Å². The third-order valence-corrected chi connectivity index (χ3v) is 4.38. The van der Waals surface area contributed by atoms with E-state index in [2.05, 4.69) is 4.98 Å². The zero-order valence-corrected chi connectivity index (χ0v) is 12.5. The first-order chi connectivity index (χ1) is 10.1. The Morgan fingerprint density at radius 2 is 2.00 bits per heavy atom. The monoisotopic (exact) mass is 284 g/mol. The van der Waals surface area contributed by atoms with E-state index in [0.717, 1.165) is 35.9 Å². The molecule has 110 valence electrons. The SMILES string of the molecule is Cc1[nH]c2ccccc2c1C(=O)C(=O)N1CCCCC1C. The number of nitrogens with zero attached hydrogens (tertiary/aromatic N) is 1. The van der Waals surface area contributed by atoms with Gasteiger partial charge >= 0.3 is 0 Å². The first-order valence-electron chi connectivity index (χ1n) is 7.52. The van der Waals surface area contributed by atoms with Gasteiger partial charge in [0.15, 0.2) is 0 Å². The summed E-state index contributed by atoms with van der Waals surface area (Å²) in [5, 5.41) is 0.831. The van der Waals surface area contributed by atoms with Crippen LogP contribution in [0.1, 0.15) is 42.2 Å². The normalized spacial score (nSPS) is 19.0. The maximum absolute atomic E-state index is 12.7. The van der Waals surface area contributed by atoms with Crippen molar-refractivity contribution in [3.05, 3.63) is 35.5 Å². The highest BCUT2D eigenvalue weighted by Gasteiger charge is 2.31. The lowest BCUT2D eigenvalue weighted by Gasteiger charge is -2.32. The highest BCUT2D eigenvalue weighted by atomic mass is 16.2. The number of rotatable bonds is 2. The van der Waals surface area contributed by atoms with E-state index < -0.39 is 5.78 Å². The average molecular weight is 284 g/mol. The minimum absolute atomic E-state index is 0.153. The van der Waals surface area contributed by atoms with Crippen molar-refractivity contribution >= 4 is 22.6 Å². The lowest BCUT2D eigenvalue weighted by molar-refractivity contribution is -0.129. The maximum Gasteiger partial charge on any atom is 0.295 e. The number of H-pyrrole nitrogens is 1. The number of amides is 1. The van der Waals surface area contributed by atoms with Crippen LogP contribution < -0.4 is 0 Å². The van der Waals surface area contributed by atoms with Crippen LogP contribution in [-0.4, -0.2) is 34.2 Å². The molecule has 0 aliphatic carbocycles. The number of ketones is 1. The predicted octanol–water partition coefficient (Wildman–Crippen LogP) is 3.06. The minimum atomic E-state index is -0.390. The first-order valence-corrected chi connectivity index (χ1v) is 7.52. The van der Waals surface area contributed by atoms with Gasteiger partial charge in [-0.25, -0.2) is 0 Å². The van der Waals surface area contributed by atoms with Crippen LogP contribution in [0.2, 0.25) is 0 Å². The summed E-state index contributed by atoms with van der Waals surface area (Å²) in [6, 6.07) is 7.77. The van der Waals surface area contributed by atoms with Crippen molar-refractivity contribution < 1.29 is 9.59 Å². The number of likely N-dealkylation sites (tertiary alicyclic amines) is 1. The molecule has 1 aromatic heterocycles. The van der Waals surface area contributed by atoms with Crippen molar-refractivity contribution in [2.24, 2.45) is 0 Å². The molecule has 3 rings (SSSR count). The van der Waals surface area contributed by atoms with Gasteiger partial charge in [-0.2, -0.15) is 0 Å². The maximum atomic E-state index is 12.7. The summed E-state index contributed by atoms with van der Waals surface area (Å²) in [6.07, 6.45) is 3.09. The van der Waals surface area contributed by atoms with E-state index >= 15 is 0 Å². The van der Waals surface area contributed by atoms with E-state index in [1.54, 1.807) is 4.90 Å². The molecule has 0 bridgehead atoms. The number of carbonyl (C=O) groups is 2. The summed E-state index contributed by atoms with van der Waals surface area (Å²) < 4.78 is 0. The number of benzene rings is 1. The molecule has 1 saturated heterocycles. The van der Waals surface area contributed by atoms with Crippen molar-refractivity contribution in [1.82, 2.24) is 9.88 Å². The number of aromatic amines is 1. The second-order valence-electron chi connectivity index (χ2n) is 5.84. The zero-order chi connectivity index (χ0) is 15.0. The van der Waals surface area contributed by atoms with Gasteiger partial charge in [-0.05, 0) is 39.2 Å². The molecule has 1 amide bonds. The van der Waals surface area contributed by atoms with Crippen molar-refractivity contribution in [3.8, 4) is 0 Å². The Morgan fingerprint density at radius 1 is 1.24 bits per heavy atom. The van der Waals surface area contributed by atoms with Gasteiger partial charge in [0, 0.05) is 29.2 Å². The zero-order valence-electron chi connectivity index (χ0n) is 12.5. The van der Waals surface area contributed by atoms with Crippen LogP contribution in [0.3, 0.4) is 0 Å².